The van der Waals surface area contributed by atoms with Gasteiger partial charge in [-0.05, 0) is 49.8 Å². The molecule has 2 aromatic heterocycles. The van der Waals surface area contributed by atoms with Gasteiger partial charge in [-0.25, -0.2) is 0 Å². The maximum absolute atomic E-state index is 11.9. The highest BCUT2D eigenvalue weighted by molar-refractivity contribution is 7.09. The summed E-state index contributed by atoms with van der Waals surface area (Å²) in [7, 11) is 0. The van der Waals surface area contributed by atoms with E-state index < -0.39 is 0 Å². The number of thiophene rings is 1. The number of hydrogen-bond acceptors (Lipinski definition) is 3. The van der Waals surface area contributed by atoms with Gasteiger partial charge in [0.2, 0.25) is 0 Å². The highest BCUT2D eigenvalue weighted by Crippen LogP contribution is 2.18. The molecule has 3 heteroatoms. The molecule has 0 aliphatic rings. The minimum atomic E-state index is 0.118. The van der Waals surface area contributed by atoms with Crippen molar-refractivity contribution >= 4 is 17.1 Å². The van der Waals surface area contributed by atoms with E-state index in [2.05, 4.69) is 11.4 Å². The third-order valence-corrected chi connectivity index (χ3v) is 3.64. The number of Topliss-reactive ketones (excluding diaryl/α,β-unsaturated/α-hetero) is 1. The van der Waals surface area contributed by atoms with Crippen molar-refractivity contribution in [2.24, 2.45) is 0 Å². The van der Waals surface area contributed by atoms with E-state index >= 15 is 0 Å². The first-order valence-electron chi connectivity index (χ1n) is 5.79. The Balaban J connectivity index is 1.87. The van der Waals surface area contributed by atoms with Crippen molar-refractivity contribution in [1.82, 2.24) is 0 Å². The fraction of sp³-hybridized carbons (Fsp3) is 0.357. The van der Waals surface area contributed by atoms with E-state index in [1.54, 1.807) is 11.3 Å². The summed E-state index contributed by atoms with van der Waals surface area (Å²) in [5, 5.41) is 2.07. The first-order valence-corrected chi connectivity index (χ1v) is 6.67. The van der Waals surface area contributed by atoms with E-state index in [1.807, 2.05) is 26.0 Å². The first kappa shape index (κ1) is 12.1. The average molecular weight is 248 g/mol. The molecule has 0 aliphatic carbocycles. The summed E-state index contributed by atoms with van der Waals surface area (Å²) < 4.78 is 5.42. The molecular formula is C14H16O2S. The predicted octanol–water partition coefficient (Wildman–Crippen LogP) is 4.16. The second kappa shape index (κ2) is 5.32. The Morgan fingerprint density at radius 1 is 1.41 bits per heavy atom. The molecule has 2 rings (SSSR count). The molecule has 90 valence electrons. The van der Waals surface area contributed by atoms with Gasteiger partial charge in [0.25, 0.3) is 0 Å². The summed E-state index contributed by atoms with van der Waals surface area (Å²) in [6.45, 7) is 3.79. The van der Waals surface area contributed by atoms with Gasteiger partial charge in [-0.3, -0.25) is 4.79 Å². The minimum absolute atomic E-state index is 0.118. The Kier molecular flexibility index (Phi) is 3.79. The van der Waals surface area contributed by atoms with Crippen LogP contribution in [-0.2, 0) is 6.42 Å². The lowest BCUT2D eigenvalue weighted by molar-refractivity contribution is 0.0951. The van der Waals surface area contributed by atoms with Gasteiger partial charge in [-0.2, -0.15) is 0 Å². The van der Waals surface area contributed by atoms with E-state index in [-0.39, 0.29) is 5.78 Å². The molecule has 2 nitrogen and oxygen atoms in total. The number of aryl methyl sites for hydroxylation is 3. The van der Waals surface area contributed by atoms with Crippen LogP contribution in [0.5, 0.6) is 0 Å². The topological polar surface area (TPSA) is 30.2 Å². The summed E-state index contributed by atoms with van der Waals surface area (Å²) in [5.74, 6) is 1.46. The first-order chi connectivity index (χ1) is 8.16. The maximum atomic E-state index is 11.9. The molecule has 0 saturated heterocycles. The summed E-state index contributed by atoms with van der Waals surface area (Å²) >= 11 is 1.74. The predicted molar refractivity (Wildman–Crippen MR) is 69.8 cm³/mol. The quantitative estimate of drug-likeness (QED) is 0.744. The van der Waals surface area contributed by atoms with Crippen LogP contribution >= 0.6 is 11.3 Å². The van der Waals surface area contributed by atoms with Gasteiger partial charge in [-0.1, -0.05) is 6.07 Å². The van der Waals surface area contributed by atoms with E-state index in [1.165, 1.54) is 4.88 Å². The van der Waals surface area contributed by atoms with Crippen LogP contribution in [0, 0.1) is 13.8 Å². The van der Waals surface area contributed by atoms with Crippen LogP contribution in [0.3, 0.4) is 0 Å². The molecule has 0 spiro atoms. The van der Waals surface area contributed by atoms with Crippen molar-refractivity contribution in [1.29, 1.82) is 0 Å². The number of carbonyl (C=O) groups excluding carboxylic acids is 1. The zero-order valence-corrected chi connectivity index (χ0v) is 11.0. The summed E-state index contributed by atoms with van der Waals surface area (Å²) in [6, 6.07) is 6.06. The monoisotopic (exact) mass is 248 g/mol. The van der Waals surface area contributed by atoms with Crippen molar-refractivity contribution in [3.63, 3.8) is 0 Å². The van der Waals surface area contributed by atoms with E-state index in [0.717, 1.165) is 24.2 Å². The van der Waals surface area contributed by atoms with Crippen molar-refractivity contribution in [3.05, 3.63) is 45.5 Å². The van der Waals surface area contributed by atoms with Crippen molar-refractivity contribution < 1.29 is 9.21 Å². The standard InChI is InChI=1S/C14H16O2S/c1-10-9-11(2)16-14(10)13(15)7-3-5-12-6-4-8-17-12/h4,6,8-9H,3,5,7H2,1-2H3. The van der Waals surface area contributed by atoms with Crippen molar-refractivity contribution in [2.75, 3.05) is 0 Å². The number of hydrogen-bond donors (Lipinski definition) is 0. The fourth-order valence-electron chi connectivity index (χ4n) is 1.91. The van der Waals surface area contributed by atoms with Crippen LogP contribution in [0.25, 0.3) is 0 Å². The van der Waals surface area contributed by atoms with Crippen molar-refractivity contribution in [3.8, 4) is 0 Å². The zero-order chi connectivity index (χ0) is 12.3. The van der Waals surface area contributed by atoms with Gasteiger partial charge in [0.1, 0.15) is 5.76 Å². The molecule has 2 heterocycles. The van der Waals surface area contributed by atoms with Gasteiger partial charge in [0, 0.05) is 11.3 Å². The third kappa shape index (κ3) is 3.07. The maximum Gasteiger partial charge on any atom is 0.198 e. The molecule has 2 aromatic rings. The summed E-state index contributed by atoms with van der Waals surface area (Å²) in [4.78, 5) is 13.3. The van der Waals surface area contributed by atoms with Crippen LogP contribution in [0.15, 0.2) is 28.0 Å². The van der Waals surface area contributed by atoms with Crippen LogP contribution in [-0.4, -0.2) is 5.78 Å². The lowest BCUT2D eigenvalue weighted by Crippen LogP contribution is -1.99. The van der Waals surface area contributed by atoms with Crippen LogP contribution in [0.1, 0.15) is 39.6 Å². The van der Waals surface area contributed by atoms with Crippen LogP contribution in [0.4, 0.5) is 0 Å². The van der Waals surface area contributed by atoms with Crippen LogP contribution < -0.4 is 0 Å². The second-order valence-electron chi connectivity index (χ2n) is 4.23. The normalized spacial score (nSPS) is 10.7. The average Bonchev–Trinajstić information content (AvgIpc) is 2.88. The molecule has 0 bridgehead atoms. The summed E-state index contributed by atoms with van der Waals surface area (Å²) in [5.41, 5.74) is 0.948. The number of furan rings is 1. The molecule has 0 atom stereocenters. The summed E-state index contributed by atoms with van der Waals surface area (Å²) in [6.07, 6.45) is 2.42. The SMILES string of the molecule is Cc1cc(C)c(C(=O)CCCc2cccs2)o1. The second-order valence-corrected chi connectivity index (χ2v) is 5.26. The van der Waals surface area contributed by atoms with E-state index in [4.69, 9.17) is 4.42 Å². The Bertz CT molecular complexity index is 494. The Hall–Kier alpha value is -1.35. The Morgan fingerprint density at radius 2 is 2.24 bits per heavy atom. The molecular weight excluding hydrogens is 232 g/mol. The number of rotatable bonds is 5. The zero-order valence-electron chi connectivity index (χ0n) is 10.2. The lowest BCUT2D eigenvalue weighted by Gasteiger charge is -1.98. The van der Waals surface area contributed by atoms with Gasteiger partial charge >= 0.3 is 0 Å². The van der Waals surface area contributed by atoms with E-state index in [0.29, 0.717) is 12.2 Å². The molecule has 0 unspecified atom stereocenters. The van der Waals surface area contributed by atoms with Gasteiger partial charge < -0.3 is 4.42 Å². The molecule has 17 heavy (non-hydrogen) atoms. The third-order valence-electron chi connectivity index (χ3n) is 2.70. The smallest absolute Gasteiger partial charge is 0.198 e. The number of carbonyl (C=O) groups is 1. The highest BCUT2D eigenvalue weighted by Gasteiger charge is 2.13. The highest BCUT2D eigenvalue weighted by atomic mass is 32.1. The van der Waals surface area contributed by atoms with E-state index in [9.17, 15) is 4.79 Å². The Morgan fingerprint density at radius 3 is 2.82 bits per heavy atom. The molecule has 0 fully saturated rings. The molecule has 0 amide bonds. The largest absolute Gasteiger partial charge is 0.458 e. The molecule has 0 N–H and O–H groups in total. The Labute approximate surface area is 105 Å². The van der Waals surface area contributed by atoms with Gasteiger partial charge in [-0.15, -0.1) is 11.3 Å². The fourth-order valence-corrected chi connectivity index (χ4v) is 2.66. The minimum Gasteiger partial charge on any atom is -0.458 e. The molecule has 0 radical (unpaired) electrons. The lowest BCUT2D eigenvalue weighted by atomic mass is 10.1. The number of ketones is 1. The van der Waals surface area contributed by atoms with Gasteiger partial charge in [0.05, 0.1) is 0 Å². The van der Waals surface area contributed by atoms with Crippen LogP contribution in [0.2, 0.25) is 0 Å². The molecule has 0 aromatic carbocycles. The molecule has 0 saturated carbocycles. The van der Waals surface area contributed by atoms with Gasteiger partial charge in [0.15, 0.2) is 11.5 Å². The molecule has 0 aliphatic heterocycles. The van der Waals surface area contributed by atoms with Crippen molar-refractivity contribution in [2.45, 2.75) is 33.1 Å².